The van der Waals surface area contributed by atoms with Crippen LogP contribution in [0, 0.1) is 0 Å². The van der Waals surface area contributed by atoms with Gasteiger partial charge in [-0.3, -0.25) is 19.8 Å². The van der Waals surface area contributed by atoms with Crippen molar-refractivity contribution >= 4 is 56.8 Å². The van der Waals surface area contributed by atoms with Gasteiger partial charge in [-0.1, -0.05) is 34.1 Å². The highest BCUT2D eigenvalue weighted by atomic mass is 79.9. The van der Waals surface area contributed by atoms with Gasteiger partial charge in [0, 0.05) is 10.0 Å². The average Bonchev–Trinajstić information content (AvgIpc) is 2.60. The lowest BCUT2D eigenvalue weighted by molar-refractivity contribution is -0.122. The number of carbonyl (C=O) groups is 2. The summed E-state index contributed by atoms with van der Waals surface area (Å²) in [6, 6.07) is 14.2. The topological polar surface area (TPSA) is 58.6 Å². The molecule has 1 N–H and O–H groups in total. The normalized spacial score (nSPS) is 16.2. The summed E-state index contributed by atoms with van der Waals surface area (Å²) in [5.74, 6) is -0.449. The van der Waals surface area contributed by atoms with Crippen molar-refractivity contribution in [2.45, 2.75) is 0 Å². The third-order valence-electron chi connectivity index (χ3n) is 3.63. The number of nitrogens with one attached hydrogen (secondary N) is 1. The van der Waals surface area contributed by atoms with Crippen molar-refractivity contribution in [2.75, 3.05) is 12.0 Å². The first-order chi connectivity index (χ1) is 12.0. The zero-order chi connectivity index (χ0) is 18.0. The van der Waals surface area contributed by atoms with Crippen LogP contribution in [0.3, 0.4) is 0 Å². The van der Waals surface area contributed by atoms with Crippen molar-refractivity contribution in [3.63, 3.8) is 0 Å². The molecule has 0 aliphatic carbocycles. The first-order valence-electron chi connectivity index (χ1n) is 7.31. The minimum absolute atomic E-state index is 0.0129. The number of methoxy groups -OCH3 is 1. The zero-order valence-electron chi connectivity index (χ0n) is 13.2. The van der Waals surface area contributed by atoms with Gasteiger partial charge in [-0.05, 0) is 48.6 Å². The number of nitrogens with zero attached hydrogens (tertiary/aromatic N) is 1. The lowest BCUT2D eigenvalue weighted by atomic mass is 10.1. The van der Waals surface area contributed by atoms with Crippen LogP contribution in [-0.2, 0) is 9.59 Å². The van der Waals surface area contributed by atoms with Crippen LogP contribution >= 0.6 is 28.1 Å². The van der Waals surface area contributed by atoms with E-state index in [1.165, 1.54) is 18.1 Å². The summed E-state index contributed by atoms with van der Waals surface area (Å²) in [7, 11) is 1.53. The summed E-state index contributed by atoms with van der Waals surface area (Å²) < 4.78 is 6.15. The van der Waals surface area contributed by atoms with Crippen LogP contribution in [0.15, 0.2) is 58.6 Å². The van der Waals surface area contributed by atoms with Crippen LogP contribution in [0.4, 0.5) is 5.69 Å². The van der Waals surface area contributed by atoms with Gasteiger partial charge in [0.2, 0.25) is 0 Å². The van der Waals surface area contributed by atoms with E-state index >= 15 is 0 Å². The molecule has 1 fully saturated rings. The molecule has 1 heterocycles. The summed E-state index contributed by atoms with van der Waals surface area (Å²) in [4.78, 5) is 26.5. The van der Waals surface area contributed by atoms with Crippen LogP contribution in [-0.4, -0.2) is 24.0 Å². The Kier molecular flexibility index (Phi) is 4.96. The fourth-order valence-electron chi connectivity index (χ4n) is 2.42. The molecule has 0 bridgehead atoms. The molecule has 0 aromatic heterocycles. The van der Waals surface area contributed by atoms with E-state index in [0.29, 0.717) is 17.0 Å². The number of hydrogen-bond acceptors (Lipinski definition) is 4. The number of para-hydroxylation sites is 1. The molecule has 7 heteroatoms. The molecular formula is C18H13BrN2O3S. The summed E-state index contributed by atoms with van der Waals surface area (Å²) in [5.41, 5.74) is 1.19. The second-order valence-electron chi connectivity index (χ2n) is 5.18. The Balaban J connectivity index is 2.03. The van der Waals surface area contributed by atoms with Gasteiger partial charge in [-0.25, -0.2) is 0 Å². The van der Waals surface area contributed by atoms with Gasteiger partial charge in [0.05, 0.1) is 12.8 Å². The van der Waals surface area contributed by atoms with Crippen molar-refractivity contribution in [3.05, 3.63) is 64.1 Å². The molecule has 2 aromatic rings. The van der Waals surface area contributed by atoms with Crippen molar-refractivity contribution in [3.8, 4) is 5.75 Å². The van der Waals surface area contributed by atoms with E-state index in [4.69, 9.17) is 17.0 Å². The van der Waals surface area contributed by atoms with Gasteiger partial charge < -0.3 is 4.74 Å². The maximum Gasteiger partial charge on any atom is 0.270 e. The molecule has 1 aliphatic heterocycles. The maximum atomic E-state index is 12.9. The van der Waals surface area contributed by atoms with E-state index in [0.717, 1.165) is 4.47 Å². The van der Waals surface area contributed by atoms with E-state index in [2.05, 4.69) is 21.2 Å². The third-order valence-corrected chi connectivity index (χ3v) is 4.44. The Hall–Kier alpha value is -2.51. The number of carbonyl (C=O) groups excluding carboxylic acids is 2. The highest BCUT2D eigenvalue weighted by Gasteiger charge is 2.34. The molecular weight excluding hydrogens is 404 g/mol. The van der Waals surface area contributed by atoms with E-state index in [1.807, 2.05) is 6.07 Å². The van der Waals surface area contributed by atoms with Crippen molar-refractivity contribution in [1.29, 1.82) is 0 Å². The molecule has 1 aliphatic rings. The predicted molar refractivity (Wildman–Crippen MR) is 103 cm³/mol. The van der Waals surface area contributed by atoms with E-state index in [1.54, 1.807) is 42.5 Å². The predicted octanol–water partition coefficient (Wildman–Crippen LogP) is 3.29. The summed E-state index contributed by atoms with van der Waals surface area (Å²) in [6.07, 6.45) is 1.50. The fourth-order valence-corrected chi connectivity index (χ4v) is 2.97. The molecule has 0 saturated carbocycles. The highest BCUT2D eigenvalue weighted by Crippen LogP contribution is 2.26. The number of amides is 2. The monoisotopic (exact) mass is 416 g/mol. The molecule has 3 rings (SSSR count). The Labute approximate surface area is 158 Å². The summed E-state index contributed by atoms with van der Waals surface area (Å²) in [6.45, 7) is 0. The molecule has 2 amide bonds. The zero-order valence-corrected chi connectivity index (χ0v) is 15.6. The summed E-state index contributed by atoms with van der Waals surface area (Å²) in [5, 5.41) is 2.61. The first-order valence-corrected chi connectivity index (χ1v) is 8.51. The first kappa shape index (κ1) is 17.3. The Morgan fingerprint density at radius 3 is 2.48 bits per heavy atom. The number of halogens is 1. The number of thiocarbonyl (C=S) groups is 1. The van der Waals surface area contributed by atoms with Crippen molar-refractivity contribution < 1.29 is 14.3 Å². The maximum absolute atomic E-state index is 12.9. The molecule has 0 atom stereocenters. The lowest BCUT2D eigenvalue weighted by Crippen LogP contribution is -2.54. The van der Waals surface area contributed by atoms with Crippen LogP contribution in [0.5, 0.6) is 5.75 Å². The number of hydrogen-bond donors (Lipinski definition) is 1. The fraction of sp³-hybridized carbons (Fsp3) is 0.0556. The Morgan fingerprint density at radius 1 is 1.12 bits per heavy atom. The second-order valence-corrected chi connectivity index (χ2v) is 6.48. The van der Waals surface area contributed by atoms with Crippen LogP contribution in [0.2, 0.25) is 0 Å². The minimum atomic E-state index is -0.533. The summed E-state index contributed by atoms with van der Waals surface area (Å²) >= 11 is 8.52. The van der Waals surface area contributed by atoms with Gasteiger partial charge in [-0.2, -0.15) is 0 Å². The highest BCUT2D eigenvalue weighted by molar-refractivity contribution is 9.10. The van der Waals surface area contributed by atoms with E-state index in [-0.39, 0.29) is 10.7 Å². The molecule has 0 unspecified atom stereocenters. The quantitative estimate of drug-likeness (QED) is 0.473. The SMILES string of the molecule is COc1ccccc1/C=C1\C(=O)NC(=S)N(c2ccc(Br)cc2)C1=O. The van der Waals surface area contributed by atoms with Gasteiger partial charge in [-0.15, -0.1) is 0 Å². The standard InChI is InChI=1S/C18H13BrN2O3S/c1-24-15-5-3-2-4-11(15)10-14-16(22)20-18(25)21(17(14)23)13-8-6-12(19)7-9-13/h2-10H,1H3,(H,20,22,25)/b14-10+. The Morgan fingerprint density at radius 2 is 1.80 bits per heavy atom. The minimum Gasteiger partial charge on any atom is -0.496 e. The number of benzene rings is 2. The number of anilines is 1. The number of ether oxygens (including phenoxy) is 1. The van der Waals surface area contributed by atoms with Crippen LogP contribution < -0.4 is 15.0 Å². The molecule has 0 spiro atoms. The van der Waals surface area contributed by atoms with Gasteiger partial charge >= 0.3 is 0 Å². The van der Waals surface area contributed by atoms with Gasteiger partial charge in [0.1, 0.15) is 11.3 Å². The molecule has 0 radical (unpaired) electrons. The molecule has 2 aromatic carbocycles. The largest absolute Gasteiger partial charge is 0.496 e. The van der Waals surface area contributed by atoms with E-state index < -0.39 is 11.8 Å². The second kappa shape index (κ2) is 7.16. The van der Waals surface area contributed by atoms with Gasteiger partial charge in [0.15, 0.2) is 5.11 Å². The Bertz CT molecular complexity index is 893. The average molecular weight is 417 g/mol. The smallest absolute Gasteiger partial charge is 0.270 e. The molecule has 25 heavy (non-hydrogen) atoms. The van der Waals surface area contributed by atoms with E-state index in [9.17, 15) is 9.59 Å². The molecule has 126 valence electrons. The molecule has 5 nitrogen and oxygen atoms in total. The third kappa shape index (κ3) is 3.47. The van der Waals surface area contributed by atoms with Crippen LogP contribution in [0.25, 0.3) is 6.08 Å². The van der Waals surface area contributed by atoms with Gasteiger partial charge in [0.25, 0.3) is 11.8 Å². The number of rotatable bonds is 3. The molecule has 1 saturated heterocycles. The lowest BCUT2D eigenvalue weighted by Gasteiger charge is -2.29. The van der Waals surface area contributed by atoms with Crippen molar-refractivity contribution in [2.24, 2.45) is 0 Å². The van der Waals surface area contributed by atoms with Crippen LogP contribution in [0.1, 0.15) is 5.56 Å². The van der Waals surface area contributed by atoms with Crippen molar-refractivity contribution in [1.82, 2.24) is 5.32 Å².